The second-order valence-corrected chi connectivity index (χ2v) is 5.78. The van der Waals surface area contributed by atoms with Gasteiger partial charge < -0.3 is 10.6 Å². The molecule has 4 nitrogen and oxygen atoms in total. The Labute approximate surface area is 145 Å². The van der Waals surface area contributed by atoms with E-state index < -0.39 is 17.5 Å². The van der Waals surface area contributed by atoms with Gasteiger partial charge >= 0.3 is 0 Å². The molecule has 0 fully saturated rings. The first-order valence-electron chi connectivity index (χ1n) is 6.75. The average Bonchev–Trinajstić information content (AvgIpc) is 2.51. The van der Waals surface area contributed by atoms with Gasteiger partial charge in [0.1, 0.15) is 11.6 Å². The second-order valence-electron chi connectivity index (χ2n) is 4.62. The van der Waals surface area contributed by atoms with Crippen LogP contribution < -0.4 is 10.6 Å². The second kappa shape index (κ2) is 8.00. The summed E-state index contributed by atoms with van der Waals surface area (Å²) < 4.78 is 27.0. The summed E-state index contributed by atoms with van der Waals surface area (Å²) in [7, 11) is 0. The quantitative estimate of drug-likeness (QED) is 0.567. The predicted octanol–water partition coefficient (Wildman–Crippen LogP) is 2.73. The van der Waals surface area contributed by atoms with Crippen LogP contribution in [-0.2, 0) is 0 Å². The Balaban J connectivity index is 1.82. The molecule has 120 valence electrons. The molecule has 0 aliphatic rings. The number of carbonyl (C=O) groups is 2. The SMILES string of the molecule is O=C(NCCNC(=O)c1ccccc1I)c1ccc(F)cc1F. The molecular formula is C16H13F2IN2O2. The van der Waals surface area contributed by atoms with Crippen LogP contribution in [0.25, 0.3) is 0 Å². The third kappa shape index (κ3) is 4.72. The highest BCUT2D eigenvalue weighted by Crippen LogP contribution is 2.11. The van der Waals surface area contributed by atoms with Gasteiger partial charge in [0.2, 0.25) is 0 Å². The highest BCUT2D eigenvalue weighted by atomic mass is 127. The topological polar surface area (TPSA) is 58.2 Å². The summed E-state index contributed by atoms with van der Waals surface area (Å²) in [5.41, 5.74) is 0.305. The number of amides is 2. The van der Waals surface area contributed by atoms with Crippen molar-refractivity contribution in [3.8, 4) is 0 Å². The first-order chi connectivity index (χ1) is 11.0. The lowest BCUT2D eigenvalue weighted by molar-refractivity contribution is 0.0925. The summed E-state index contributed by atoms with van der Waals surface area (Å²) in [6.07, 6.45) is 0. The predicted molar refractivity (Wildman–Crippen MR) is 90.2 cm³/mol. The van der Waals surface area contributed by atoms with E-state index in [1.165, 1.54) is 0 Å². The van der Waals surface area contributed by atoms with Gasteiger partial charge in [0.15, 0.2) is 0 Å². The number of nitrogens with one attached hydrogen (secondary N) is 2. The molecule has 0 atom stereocenters. The van der Waals surface area contributed by atoms with Gasteiger partial charge in [-0.25, -0.2) is 8.78 Å². The minimum Gasteiger partial charge on any atom is -0.350 e. The van der Waals surface area contributed by atoms with Crippen LogP contribution in [-0.4, -0.2) is 24.9 Å². The van der Waals surface area contributed by atoms with E-state index >= 15 is 0 Å². The van der Waals surface area contributed by atoms with Crippen molar-refractivity contribution in [2.45, 2.75) is 0 Å². The maximum absolute atomic E-state index is 13.4. The molecule has 2 aromatic rings. The zero-order valence-electron chi connectivity index (χ0n) is 11.9. The first-order valence-corrected chi connectivity index (χ1v) is 7.83. The van der Waals surface area contributed by atoms with Crippen molar-refractivity contribution in [1.29, 1.82) is 0 Å². The van der Waals surface area contributed by atoms with Crippen molar-refractivity contribution in [1.82, 2.24) is 10.6 Å². The van der Waals surface area contributed by atoms with Crippen LogP contribution in [0, 0.1) is 15.2 Å². The van der Waals surface area contributed by atoms with E-state index in [2.05, 4.69) is 33.2 Å². The molecule has 23 heavy (non-hydrogen) atoms. The summed E-state index contributed by atoms with van der Waals surface area (Å²) in [5.74, 6) is -2.59. The Kier molecular flexibility index (Phi) is 6.03. The third-order valence-corrected chi connectivity index (χ3v) is 3.93. The number of halogens is 3. The molecule has 2 rings (SSSR count). The van der Waals surface area contributed by atoms with Gasteiger partial charge in [-0.05, 0) is 46.9 Å². The van der Waals surface area contributed by atoms with E-state index in [-0.39, 0.29) is 24.6 Å². The zero-order chi connectivity index (χ0) is 16.8. The fraction of sp³-hybridized carbons (Fsp3) is 0.125. The van der Waals surface area contributed by atoms with Crippen LogP contribution >= 0.6 is 22.6 Å². The maximum Gasteiger partial charge on any atom is 0.254 e. The van der Waals surface area contributed by atoms with Crippen molar-refractivity contribution < 1.29 is 18.4 Å². The zero-order valence-corrected chi connectivity index (χ0v) is 14.1. The molecule has 2 aromatic carbocycles. The third-order valence-electron chi connectivity index (χ3n) is 2.99. The minimum absolute atomic E-state index is 0.130. The van der Waals surface area contributed by atoms with E-state index in [0.29, 0.717) is 11.6 Å². The fourth-order valence-electron chi connectivity index (χ4n) is 1.86. The highest BCUT2D eigenvalue weighted by molar-refractivity contribution is 14.1. The molecule has 0 radical (unpaired) electrons. The van der Waals surface area contributed by atoms with Gasteiger partial charge in [-0.2, -0.15) is 0 Å². The van der Waals surface area contributed by atoms with Gasteiger partial charge in [0.25, 0.3) is 11.8 Å². The van der Waals surface area contributed by atoms with E-state index in [9.17, 15) is 18.4 Å². The molecule has 2 amide bonds. The molecule has 0 unspecified atom stereocenters. The Hall–Kier alpha value is -2.03. The van der Waals surface area contributed by atoms with Crippen molar-refractivity contribution in [3.05, 3.63) is 68.8 Å². The van der Waals surface area contributed by atoms with Crippen molar-refractivity contribution in [3.63, 3.8) is 0 Å². The molecule has 0 bridgehead atoms. The van der Waals surface area contributed by atoms with Crippen LogP contribution in [0.1, 0.15) is 20.7 Å². The Morgan fingerprint density at radius 1 is 0.913 bits per heavy atom. The van der Waals surface area contributed by atoms with E-state index in [1.54, 1.807) is 12.1 Å². The molecule has 0 spiro atoms. The molecule has 0 heterocycles. The number of carbonyl (C=O) groups excluding carboxylic acids is 2. The fourth-order valence-corrected chi connectivity index (χ4v) is 2.49. The maximum atomic E-state index is 13.4. The Morgan fingerprint density at radius 3 is 2.13 bits per heavy atom. The normalized spacial score (nSPS) is 10.2. The summed E-state index contributed by atoms with van der Waals surface area (Å²) in [6, 6.07) is 9.83. The lowest BCUT2D eigenvalue weighted by atomic mass is 10.2. The van der Waals surface area contributed by atoms with Crippen LogP contribution in [0.5, 0.6) is 0 Å². The molecule has 0 saturated heterocycles. The smallest absolute Gasteiger partial charge is 0.254 e. The van der Waals surface area contributed by atoms with Crippen LogP contribution in [0.3, 0.4) is 0 Å². The number of hydrogen-bond donors (Lipinski definition) is 2. The molecule has 7 heteroatoms. The van der Waals surface area contributed by atoms with Gasteiger partial charge in [-0.1, -0.05) is 12.1 Å². The van der Waals surface area contributed by atoms with Gasteiger partial charge in [0, 0.05) is 22.7 Å². The van der Waals surface area contributed by atoms with Crippen molar-refractivity contribution in [2.24, 2.45) is 0 Å². The summed E-state index contributed by atoms with van der Waals surface area (Å²) in [6.45, 7) is 0.323. The Bertz CT molecular complexity index is 738. The van der Waals surface area contributed by atoms with Gasteiger partial charge in [0.05, 0.1) is 11.1 Å². The van der Waals surface area contributed by atoms with Crippen LogP contribution in [0.2, 0.25) is 0 Å². The number of hydrogen-bond acceptors (Lipinski definition) is 2. The Morgan fingerprint density at radius 2 is 1.52 bits per heavy atom. The molecule has 2 N–H and O–H groups in total. The van der Waals surface area contributed by atoms with Crippen molar-refractivity contribution in [2.75, 3.05) is 13.1 Å². The molecule has 0 aliphatic heterocycles. The van der Waals surface area contributed by atoms with E-state index in [4.69, 9.17) is 0 Å². The summed E-state index contributed by atoms with van der Waals surface area (Å²) in [4.78, 5) is 23.7. The molecule has 0 saturated carbocycles. The lowest BCUT2D eigenvalue weighted by Crippen LogP contribution is -2.35. The molecule has 0 aliphatic carbocycles. The monoisotopic (exact) mass is 430 g/mol. The highest BCUT2D eigenvalue weighted by Gasteiger charge is 2.12. The van der Waals surface area contributed by atoms with Gasteiger partial charge in [-0.15, -0.1) is 0 Å². The van der Waals surface area contributed by atoms with Crippen LogP contribution in [0.4, 0.5) is 8.78 Å². The van der Waals surface area contributed by atoms with E-state index in [1.807, 2.05) is 12.1 Å². The summed E-state index contributed by atoms with van der Waals surface area (Å²) in [5, 5.41) is 5.12. The standard InChI is InChI=1S/C16H13F2IN2O2/c17-10-5-6-11(13(18)9-10)15(22)20-7-8-21-16(23)12-3-1-2-4-14(12)19/h1-6,9H,7-8H2,(H,20,22)(H,21,23). The van der Waals surface area contributed by atoms with Crippen LogP contribution in [0.15, 0.2) is 42.5 Å². The van der Waals surface area contributed by atoms with Gasteiger partial charge in [-0.3, -0.25) is 9.59 Å². The van der Waals surface area contributed by atoms with E-state index in [0.717, 1.165) is 15.7 Å². The largest absolute Gasteiger partial charge is 0.350 e. The summed E-state index contributed by atoms with van der Waals surface area (Å²) >= 11 is 2.06. The lowest BCUT2D eigenvalue weighted by Gasteiger charge is -2.08. The number of benzene rings is 2. The minimum atomic E-state index is -0.926. The first kappa shape index (κ1) is 17.3. The van der Waals surface area contributed by atoms with Crippen molar-refractivity contribution >= 4 is 34.4 Å². The molecular weight excluding hydrogens is 417 g/mol. The molecule has 0 aromatic heterocycles. The average molecular weight is 430 g/mol. The number of rotatable bonds is 5.